The Morgan fingerprint density at radius 3 is 2.36 bits per heavy atom. The second-order valence-electron chi connectivity index (χ2n) is 13.5. The second kappa shape index (κ2) is 13.8. The summed E-state index contributed by atoms with van der Waals surface area (Å²) >= 11 is 0. The number of fused-ring (bicyclic) bond motifs is 1. The molecule has 10 nitrogen and oxygen atoms in total. The lowest BCUT2D eigenvalue weighted by Crippen LogP contribution is -2.43. The Labute approximate surface area is 264 Å². The summed E-state index contributed by atoms with van der Waals surface area (Å²) < 4.78 is 34.9. The van der Waals surface area contributed by atoms with E-state index in [1.807, 2.05) is 17.6 Å². The van der Waals surface area contributed by atoms with E-state index in [9.17, 15) is 9.59 Å². The quantitative estimate of drug-likeness (QED) is 0.143. The predicted molar refractivity (Wildman–Crippen MR) is 173 cm³/mol. The zero-order valence-electron chi connectivity index (χ0n) is 26.9. The molecule has 5 rings (SSSR count). The SMILES string of the molecule is COc1cc(OCC2CC2)c(-c2ccnc3c(C(=O)N[C@H]4CC[C@H](NC(=O)O)CC4)c(C)n(COCC[Si](C)(C)C)c23)cc1F. The third-order valence-corrected chi connectivity index (χ3v) is 10.5. The largest absolute Gasteiger partial charge is 0.494 e. The van der Waals surface area contributed by atoms with Crippen molar-refractivity contribution in [1.82, 2.24) is 20.2 Å². The maximum atomic E-state index is 15.2. The molecular weight excluding hydrogens is 595 g/mol. The second-order valence-corrected chi connectivity index (χ2v) is 19.1. The Morgan fingerprint density at radius 2 is 1.73 bits per heavy atom. The molecule has 244 valence electrons. The number of carbonyl (C=O) groups excluding carboxylic acids is 1. The first-order valence-corrected chi connectivity index (χ1v) is 19.5. The smallest absolute Gasteiger partial charge is 0.404 e. The summed E-state index contributed by atoms with van der Waals surface area (Å²) in [5.74, 6) is 0.342. The van der Waals surface area contributed by atoms with Crippen LogP contribution in [-0.2, 0) is 11.5 Å². The monoisotopic (exact) mass is 640 g/mol. The summed E-state index contributed by atoms with van der Waals surface area (Å²) in [6, 6.07) is 5.63. The van der Waals surface area contributed by atoms with Gasteiger partial charge in [-0.2, -0.15) is 0 Å². The molecule has 0 saturated heterocycles. The van der Waals surface area contributed by atoms with Crippen molar-refractivity contribution < 1.29 is 33.3 Å². The lowest BCUT2D eigenvalue weighted by molar-refractivity contribution is 0.0878. The Kier molecular flexibility index (Phi) is 10.0. The highest BCUT2D eigenvalue weighted by atomic mass is 28.3. The summed E-state index contributed by atoms with van der Waals surface area (Å²) in [7, 11) is 0.0980. The van der Waals surface area contributed by atoms with E-state index in [0.717, 1.165) is 18.9 Å². The highest BCUT2D eigenvalue weighted by molar-refractivity contribution is 6.76. The van der Waals surface area contributed by atoms with Gasteiger partial charge < -0.3 is 34.5 Å². The van der Waals surface area contributed by atoms with Crippen molar-refractivity contribution in [2.24, 2.45) is 5.92 Å². The maximum absolute atomic E-state index is 15.2. The van der Waals surface area contributed by atoms with E-state index in [2.05, 4.69) is 35.3 Å². The van der Waals surface area contributed by atoms with Gasteiger partial charge in [0.25, 0.3) is 5.91 Å². The number of hydrogen-bond acceptors (Lipinski definition) is 6. The number of halogens is 1. The van der Waals surface area contributed by atoms with Crippen LogP contribution >= 0.6 is 0 Å². The van der Waals surface area contributed by atoms with Crippen molar-refractivity contribution in [3.63, 3.8) is 0 Å². The fourth-order valence-electron chi connectivity index (χ4n) is 5.90. The number of aromatic nitrogens is 2. The molecule has 3 N–H and O–H groups in total. The normalized spacial score (nSPS) is 18.5. The average molecular weight is 641 g/mol. The molecule has 2 aliphatic carbocycles. The highest BCUT2D eigenvalue weighted by Crippen LogP contribution is 2.41. The molecule has 45 heavy (non-hydrogen) atoms. The minimum absolute atomic E-state index is 0.0866. The van der Waals surface area contributed by atoms with E-state index in [1.165, 1.54) is 13.2 Å². The predicted octanol–water partition coefficient (Wildman–Crippen LogP) is 6.57. The van der Waals surface area contributed by atoms with Gasteiger partial charge in [0.15, 0.2) is 11.6 Å². The van der Waals surface area contributed by atoms with E-state index < -0.39 is 20.0 Å². The molecule has 0 radical (unpaired) electrons. The summed E-state index contributed by atoms with van der Waals surface area (Å²) in [5, 5.41) is 14.8. The lowest BCUT2D eigenvalue weighted by atomic mass is 9.91. The van der Waals surface area contributed by atoms with Crippen LogP contribution in [0.3, 0.4) is 0 Å². The first-order valence-electron chi connectivity index (χ1n) is 15.8. The van der Waals surface area contributed by atoms with Crippen molar-refractivity contribution in [2.75, 3.05) is 20.3 Å². The van der Waals surface area contributed by atoms with Crippen molar-refractivity contribution in [1.29, 1.82) is 0 Å². The van der Waals surface area contributed by atoms with E-state index in [1.54, 1.807) is 12.3 Å². The number of ether oxygens (including phenoxy) is 3. The Bertz CT molecular complexity index is 1540. The Morgan fingerprint density at radius 1 is 1.04 bits per heavy atom. The van der Waals surface area contributed by atoms with Crippen LogP contribution < -0.4 is 20.1 Å². The molecule has 2 amide bonds. The van der Waals surface area contributed by atoms with Crippen LogP contribution in [0.5, 0.6) is 11.5 Å². The molecule has 0 unspecified atom stereocenters. The number of carboxylic acid groups (broad SMARTS) is 1. The van der Waals surface area contributed by atoms with E-state index in [0.29, 0.717) is 84.0 Å². The van der Waals surface area contributed by atoms with Crippen LogP contribution in [0.4, 0.5) is 9.18 Å². The van der Waals surface area contributed by atoms with E-state index in [-0.39, 0.29) is 30.5 Å². The fourth-order valence-corrected chi connectivity index (χ4v) is 6.65. The van der Waals surface area contributed by atoms with Crippen LogP contribution in [0.15, 0.2) is 24.4 Å². The molecule has 12 heteroatoms. The number of benzene rings is 1. The van der Waals surface area contributed by atoms with Crippen molar-refractivity contribution in [2.45, 2.75) is 89.9 Å². The molecule has 2 aromatic heterocycles. The Hall–Kier alpha value is -3.64. The number of rotatable bonds is 13. The number of pyridine rings is 1. The first-order chi connectivity index (χ1) is 21.4. The maximum Gasteiger partial charge on any atom is 0.404 e. The molecule has 0 atom stereocenters. The van der Waals surface area contributed by atoms with Gasteiger partial charge in [0, 0.05) is 55.8 Å². The third kappa shape index (κ3) is 7.96. The van der Waals surface area contributed by atoms with Gasteiger partial charge in [0.1, 0.15) is 18.0 Å². The summed E-state index contributed by atoms with van der Waals surface area (Å²) in [5.41, 5.74) is 3.55. The molecule has 0 bridgehead atoms. The number of hydrogen-bond donors (Lipinski definition) is 3. The van der Waals surface area contributed by atoms with Gasteiger partial charge in [-0.1, -0.05) is 19.6 Å². The van der Waals surface area contributed by atoms with Gasteiger partial charge in [0.2, 0.25) is 0 Å². The first kappa shape index (κ1) is 32.7. The number of nitrogens with one attached hydrogen (secondary N) is 2. The standard InChI is InChI=1S/C33H45FN4O6Si/c1-20-29(32(39)36-22-8-10-23(11-9-22)37-33(40)41)30-31(38(20)19-43-14-15-45(3,4)5)24(12-13-35-30)25-16-26(34)28(42-2)17-27(25)44-18-21-6-7-21/h12-13,16-17,21-23,37H,6-11,14-15,18-19H2,1-5H3,(H,36,39)(H,40,41)/t22-,23-. The van der Waals surface area contributed by atoms with Crippen LogP contribution in [-0.4, -0.2) is 67.1 Å². The van der Waals surface area contributed by atoms with Gasteiger partial charge in [-0.3, -0.25) is 9.78 Å². The third-order valence-electron chi connectivity index (χ3n) is 8.75. The zero-order valence-corrected chi connectivity index (χ0v) is 27.9. The number of carbonyl (C=O) groups is 2. The molecule has 2 heterocycles. The number of amides is 2. The molecule has 2 aliphatic rings. The molecule has 1 aromatic carbocycles. The van der Waals surface area contributed by atoms with Crippen LogP contribution in [0.2, 0.25) is 25.7 Å². The Balaban J connectivity index is 1.53. The van der Waals surface area contributed by atoms with E-state index >= 15 is 4.39 Å². The van der Waals surface area contributed by atoms with Crippen molar-refractivity contribution in [3.05, 3.63) is 41.5 Å². The zero-order chi connectivity index (χ0) is 32.3. The summed E-state index contributed by atoms with van der Waals surface area (Å²) in [6.45, 7) is 10.1. The lowest BCUT2D eigenvalue weighted by Gasteiger charge is -2.28. The molecule has 0 spiro atoms. The van der Waals surface area contributed by atoms with Gasteiger partial charge >= 0.3 is 6.09 Å². The topological polar surface area (TPSA) is 124 Å². The number of methoxy groups -OCH3 is 1. The summed E-state index contributed by atoms with van der Waals surface area (Å²) in [4.78, 5) is 29.6. The van der Waals surface area contributed by atoms with Crippen LogP contribution in [0.1, 0.15) is 54.6 Å². The van der Waals surface area contributed by atoms with Gasteiger partial charge in [-0.05, 0) is 69.5 Å². The molecular formula is C33H45FN4O6Si. The van der Waals surface area contributed by atoms with Gasteiger partial charge in [-0.25, -0.2) is 9.18 Å². The minimum atomic E-state index is -1.33. The van der Waals surface area contributed by atoms with Gasteiger partial charge in [-0.15, -0.1) is 0 Å². The van der Waals surface area contributed by atoms with Crippen molar-refractivity contribution >= 4 is 31.1 Å². The molecule has 2 fully saturated rings. The molecule has 3 aromatic rings. The van der Waals surface area contributed by atoms with Crippen molar-refractivity contribution in [3.8, 4) is 22.6 Å². The van der Waals surface area contributed by atoms with E-state index in [4.69, 9.17) is 19.3 Å². The van der Waals surface area contributed by atoms with Crippen LogP contribution in [0.25, 0.3) is 22.2 Å². The highest BCUT2D eigenvalue weighted by Gasteiger charge is 2.29. The average Bonchev–Trinajstić information content (AvgIpc) is 3.77. The van der Waals surface area contributed by atoms with Crippen LogP contribution in [0, 0.1) is 18.7 Å². The summed E-state index contributed by atoms with van der Waals surface area (Å²) in [6.07, 6.45) is 5.47. The fraction of sp³-hybridized carbons (Fsp3) is 0.545. The minimum Gasteiger partial charge on any atom is -0.494 e. The molecule has 2 saturated carbocycles. The van der Waals surface area contributed by atoms with Gasteiger partial charge in [0.05, 0.1) is 24.8 Å². The number of nitrogens with zero attached hydrogens (tertiary/aromatic N) is 2. The molecule has 0 aliphatic heterocycles.